The number of rotatable bonds is 6. The van der Waals surface area contributed by atoms with Gasteiger partial charge in [0.05, 0.1) is 0 Å². The summed E-state index contributed by atoms with van der Waals surface area (Å²) in [6.07, 6.45) is 7.24. The molecule has 1 aromatic heterocycles. The molecule has 2 rings (SSSR count). The minimum atomic E-state index is 0.549. The maximum Gasteiger partial charge on any atom is 0.191 e. The molecule has 1 fully saturated rings. The summed E-state index contributed by atoms with van der Waals surface area (Å²) >= 11 is 1.86. The Morgan fingerprint density at radius 1 is 1.41 bits per heavy atom. The largest absolute Gasteiger partial charge is 0.355 e. The quantitative estimate of drug-likeness (QED) is 0.617. The van der Waals surface area contributed by atoms with Gasteiger partial charge in [-0.1, -0.05) is 19.8 Å². The van der Waals surface area contributed by atoms with Crippen molar-refractivity contribution in [3.8, 4) is 0 Å². The smallest absolute Gasteiger partial charge is 0.191 e. The minimum absolute atomic E-state index is 0.549. The number of guanidine groups is 1. The van der Waals surface area contributed by atoms with Gasteiger partial charge < -0.3 is 15.2 Å². The van der Waals surface area contributed by atoms with Gasteiger partial charge in [-0.25, -0.2) is 4.99 Å². The maximum atomic E-state index is 4.70. The van der Waals surface area contributed by atoms with Gasteiger partial charge in [-0.2, -0.15) is 11.8 Å². The molecule has 1 saturated carbocycles. The predicted molar refractivity (Wildman–Crippen MR) is 93.3 cm³/mol. The topological polar surface area (TPSA) is 67.1 Å². The van der Waals surface area contributed by atoms with Crippen molar-refractivity contribution in [1.82, 2.24) is 25.4 Å². The molecule has 1 unspecified atom stereocenters. The van der Waals surface area contributed by atoms with E-state index in [4.69, 9.17) is 4.99 Å². The third-order valence-corrected chi connectivity index (χ3v) is 5.19. The molecule has 0 aliphatic heterocycles. The van der Waals surface area contributed by atoms with E-state index in [1.807, 2.05) is 30.3 Å². The molecule has 2 N–H and O–H groups in total. The Kier molecular flexibility index (Phi) is 6.54. The minimum Gasteiger partial charge on any atom is -0.355 e. The van der Waals surface area contributed by atoms with E-state index < -0.39 is 0 Å². The van der Waals surface area contributed by atoms with E-state index in [-0.39, 0.29) is 0 Å². The first-order chi connectivity index (χ1) is 10.6. The summed E-state index contributed by atoms with van der Waals surface area (Å²) in [6, 6.07) is 0.553. The van der Waals surface area contributed by atoms with Crippen LogP contribution < -0.4 is 10.6 Å². The van der Waals surface area contributed by atoms with Gasteiger partial charge in [0.15, 0.2) is 11.8 Å². The summed E-state index contributed by atoms with van der Waals surface area (Å²) in [5.41, 5.74) is 0. The lowest BCUT2D eigenvalue weighted by Gasteiger charge is -2.19. The molecule has 1 aromatic rings. The van der Waals surface area contributed by atoms with Crippen LogP contribution in [0.1, 0.15) is 44.3 Å². The highest BCUT2D eigenvalue weighted by Crippen LogP contribution is 2.17. The van der Waals surface area contributed by atoms with Crippen LogP contribution in [0.15, 0.2) is 4.99 Å². The van der Waals surface area contributed by atoms with Crippen molar-refractivity contribution in [3.05, 3.63) is 11.6 Å². The lowest BCUT2D eigenvalue weighted by molar-refractivity contribution is 0.610. The van der Waals surface area contributed by atoms with Crippen LogP contribution in [0.2, 0.25) is 0 Å². The maximum absolute atomic E-state index is 4.70. The number of aromatic nitrogens is 3. The molecule has 1 aliphatic rings. The van der Waals surface area contributed by atoms with Crippen LogP contribution in [0.3, 0.4) is 0 Å². The summed E-state index contributed by atoms with van der Waals surface area (Å²) in [6.45, 7) is 5.64. The Balaban J connectivity index is 1.97. The van der Waals surface area contributed by atoms with Gasteiger partial charge >= 0.3 is 0 Å². The normalized spacial score (nSPS) is 17.7. The third-order valence-electron chi connectivity index (χ3n) is 4.22. The molecule has 1 aliphatic carbocycles. The molecule has 0 bridgehead atoms. The summed E-state index contributed by atoms with van der Waals surface area (Å²) < 4.78 is 1.99. The number of hydrogen-bond acceptors (Lipinski definition) is 4. The van der Waals surface area contributed by atoms with Gasteiger partial charge in [0.25, 0.3) is 0 Å². The Hall–Kier alpha value is -1.24. The Morgan fingerprint density at radius 3 is 2.73 bits per heavy atom. The van der Waals surface area contributed by atoms with Gasteiger partial charge in [0.1, 0.15) is 12.4 Å². The van der Waals surface area contributed by atoms with E-state index >= 15 is 0 Å². The third kappa shape index (κ3) is 4.90. The molecule has 0 spiro atoms. The highest BCUT2D eigenvalue weighted by Gasteiger charge is 2.16. The van der Waals surface area contributed by atoms with Crippen LogP contribution in [0.4, 0.5) is 0 Å². The highest BCUT2D eigenvalue weighted by atomic mass is 32.2. The molecule has 124 valence electrons. The molecular weight excluding hydrogens is 296 g/mol. The molecule has 0 radical (unpaired) electrons. The van der Waals surface area contributed by atoms with Crippen LogP contribution >= 0.6 is 11.8 Å². The second-order valence-electron chi connectivity index (χ2n) is 5.94. The fraction of sp³-hybridized carbons (Fsp3) is 0.800. The van der Waals surface area contributed by atoms with Crippen molar-refractivity contribution in [2.45, 2.75) is 57.4 Å². The van der Waals surface area contributed by atoms with E-state index in [1.54, 1.807) is 0 Å². The number of hydrogen-bond donors (Lipinski definition) is 2. The Labute approximate surface area is 137 Å². The van der Waals surface area contributed by atoms with Crippen molar-refractivity contribution in [2.75, 3.05) is 12.8 Å². The molecule has 1 atom stereocenters. The summed E-state index contributed by atoms with van der Waals surface area (Å²) in [7, 11) is 1.98. The van der Waals surface area contributed by atoms with Gasteiger partial charge in [-0.3, -0.25) is 0 Å². The van der Waals surface area contributed by atoms with Crippen LogP contribution in [-0.2, 0) is 13.6 Å². The molecule has 0 amide bonds. The molecule has 6 nitrogen and oxygen atoms in total. The zero-order chi connectivity index (χ0) is 15.9. The number of nitrogens with one attached hydrogen (secondary N) is 2. The van der Waals surface area contributed by atoms with Gasteiger partial charge in [0.2, 0.25) is 0 Å². The Morgan fingerprint density at radius 2 is 2.14 bits per heavy atom. The van der Waals surface area contributed by atoms with Crippen molar-refractivity contribution >= 4 is 17.7 Å². The monoisotopic (exact) mass is 324 g/mol. The van der Waals surface area contributed by atoms with E-state index in [1.165, 1.54) is 25.7 Å². The first-order valence-electron chi connectivity index (χ1n) is 8.02. The average Bonchev–Trinajstić information content (AvgIpc) is 3.13. The fourth-order valence-electron chi connectivity index (χ4n) is 2.48. The standard InChI is InChI=1S/C15H28N6S/c1-11(22-4)9-16-15(18-13-7-5-6-8-13)17-10-14-20-19-12(2)21(14)3/h11,13H,5-10H2,1-4H3,(H2,16,17,18). The van der Waals surface area contributed by atoms with Crippen LogP contribution in [0, 0.1) is 6.92 Å². The van der Waals surface area contributed by atoms with Crippen molar-refractivity contribution in [1.29, 1.82) is 0 Å². The van der Waals surface area contributed by atoms with Gasteiger partial charge in [-0.05, 0) is 26.0 Å². The number of thioether (sulfide) groups is 1. The highest BCUT2D eigenvalue weighted by molar-refractivity contribution is 7.99. The van der Waals surface area contributed by atoms with Gasteiger partial charge in [0, 0.05) is 24.9 Å². The summed E-state index contributed by atoms with van der Waals surface area (Å²) in [5, 5.41) is 15.8. The second-order valence-corrected chi connectivity index (χ2v) is 7.22. The van der Waals surface area contributed by atoms with E-state index in [0.29, 0.717) is 17.8 Å². The van der Waals surface area contributed by atoms with E-state index in [2.05, 4.69) is 34.0 Å². The van der Waals surface area contributed by atoms with Crippen LogP contribution in [0.25, 0.3) is 0 Å². The first kappa shape index (κ1) is 17.1. The molecule has 7 heteroatoms. The number of nitrogens with zero attached hydrogens (tertiary/aromatic N) is 4. The van der Waals surface area contributed by atoms with Crippen LogP contribution in [0.5, 0.6) is 0 Å². The van der Waals surface area contributed by atoms with Crippen molar-refractivity contribution in [2.24, 2.45) is 12.0 Å². The fourth-order valence-corrected chi connectivity index (χ4v) is 2.73. The lowest BCUT2D eigenvalue weighted by atomic mass is 10.2. The average molecular weight is 324 g/mol. The van der Waals surface area contributed by atoms with E-state index in [9.17, 15) is 0 Å². The van der Waals surface area contributed by atoms with Crippen LogP contribution in [-0.4, -0.2) is 44.8 Å². The van der Waals surface area contributed by atoms with Crippen molar-refractivity contribution in [3.63, 3.8) is 0 Å². The number of aliphatic imine (C=N–C) groups is 1. The predicted octanol–water partition coefficient (Wildman–Crippen LogP) is 1.85. The molecule has 22 heavy (non-hydrogen) atoms. The zero-order valence-corrected chi connectivity index (χ0v) is 14.9. The molecular formula is C15H28N6S. The van der Waals surface area contributed by atoms with E-state index in [0.717, 1.165) is 24.2 Å². The van der Waals surface area contributed by atoms with Crippen molar-refractivity contribution < 1.29 is 0 Å². The number of aryl methyl sites for hydroxylation is 1. The zero-order valence-electron chi connectivity index (χ0n) is 14.1. The first-order valence-corrected chi connectivity index (χ1v) is 9.31. The lowest BCUT2D eigenvalue weighted by Crippen LogP contribution is -2.44. The SMILES string of the molecule is CSC(C)CNC(=NCc1nnc(C)n1C)NC1CCCC1. The molecule has 0 saturated heterocycles. The molecule has 0 aromatic carbocycles. The molecule has 1 heterocycles. The van der Waals surface area contributed by atoms with Gasteiger partial charge in [-0.15, -0.1) is 10.2 Å². The second kappa shape index (κ2) is 8.41. The summed E-state index contributed by atoms with van der Waals surface area (Å²) in [5.74, 6) is 2.70. The summed E-state index contributed by atoms with van der Waals surface area (Å²) in [4.78, 5) is 4.70. The Bertz CT molecular complexity index is 492.